The van der Waals surface area contributed by atoms with E-state index in [1.54, 1.807) is 0 Å². The SMILES string of the molecule is CN=C(NCCCN1CCCCCC1)NCc1ccc(Cn2ccnc2)cc1. The van der Waals surface area contributed by atoms with E-state index in [4.69, 9.17) is 0 Å². The second-order valence-electron chi connectivity index (χ2n) is 7.51. The second-order valence-corrected chi connectivity index (χ2v) is 7.51. The van der Waals surface area contributed by atoms with E-state index in [-0.39, 0.29) is 0 Å². The number of rotatable bonds is 8. The van der Waals surface area contributed by atoms with Crippen LogP contribution >= 0.6 is 0 Å². The lowest BCUT2D eigenvalue weighted by Crippen LogP contribution is -2.38. The van der Waals surface area contributed by atoms with Gasteiger partial charge in [0.1, 0.15) is 0 Å². The van der Waals surface area contributed by atoms with Crippen molar-refractivity contribution in [1.29, 1.82) is 0 Å². The van der Waals surface area contributed by atoms with Crippen molar-refractivity contribution in [2.24, 2.45) is 4.99 Å². The summed E-state index contributed by atoms with van der Waals surface area (Å²) in [7, 11) is 1.83. The maximum Gasteiger partial charge on any atom is 0.191 e. The standard InChI is InChI=1S/C22H34N6/c1-23-22(25-11-6-15-27-13-4-2-3-5-14-27)26-17-20-7-9-21(10-8-20)18-28-16-12-24-19-28/h7-10,12,16,19H,2-6,11,13-15,17-18H2,1H3,(H2,23,25,26). The Morgan fingerprint density at radius 1 is 1.04 bits per heavy atom. The molecule has 6 heteroatoms. The van der Waals surface area contributed by atoms with E-state index in [0.29, 0.717) is 0 Å². The first-order valence-corrected chi connectivity index (χ1v) is 10.5. The Morgan fingerprint density at radius 3 is 2.46 bits per heavy atom. The van der Waals surface area contributed by atoms with Crippen LogP contribution in [0.4, 0.5) is 0 Å². The van der Waals surface area contributed by atoms with Gasteiger partial charge < -0.3 is 20.1 Å². The van der Waals surface area contributed by atoms with E-state index in [1.165, 1.54) is 56.4 Å². The third-order valence-electron chi connectivity index (χ3n) is 5.27. The number of hydrogen-bond acceptors (Lipinski definition) is 3. The first kappa shape index (κ1) is 20.4. The normalized spacial score (nSPS) is 16.0. The third-order valence-corrected chi connectivity index (χ3v) is 5.27. The van der Waals surface area contributed by atoms with Crippen molar-refractivity contribution in [2.45, 2.75) is 45.2 Å². The number of imidazole rings is 1. The fourth-order valence-electron chi connectivity index (χ4n) is 3.63. The third kappa shape index (κ3) is 7.00. The molecule has 28 heavy (non-hydrogen) atoms. The van der Waals surface area contributed by atoms with E-state index >= 15 is 0 Å². The average Bonchev–Trinajstić information content (AvgIpc) is 3.09. The molecule has 0 radical (unpaired) electrons. The van der Waals surface area contributed by atoms with Gasteiger partial charge in [-0.3, -0.25) is 4.99 Å². The zero-order chi connectivity index (χ0) is 19.4. The molecule has 0 unspecified atom stereocenters. The fraction of sp³-hybridized carbons (Fsp3) is 0.545. The molecule has 0 bridgehead atoms. The van der Waals surface area contributed by atoms with Crippen molar-refractivity contribution >= 4 is 5.96 Å². The molecular weight excluding hydrogens is 348 g/mol. The van der Waals surface area contributed by atoms with E-state index < -0.39 is 0 Å². The summed E-state index contributed by atoms with van der Waals surface area (Å²) in [5, 5.41) is 6.85. The fourth-order valence-corrected chi connectivity index (χ4v) is 3.63. The molecule has 2 aromatic rings. The van der Waals surface area contributed by atoms with Gasteiger partial charge in [0.2, 0.25) is 0 Å². The van der Waals surface area contributed by atoms with Gasteiger partial charge in [0.15, 0.2) is 5.96 Å². The quantitative estimate of drug-likeness (QED) is 0.419. The van der Waals surface area contributed by atoms with Crippen LogP contribution in [-0.2, 0) is 13.1 Å². The highest BCUT2D eigenvalue weighted by Gasteiger charge is 2.08. The number of guanidine groups is 1. The van der Waals surface area contributed by atoms with E-state index in [0.717, 1.165) is 32.0 Å². The molecule has 0 spiro atoms. The smallest absolute Gasteiger partial charge is 0.191 e. The van der Waals surface area contributed by atoms with Crippen LogP contribution in [0.2, 0.25) is 0 Å². The topological polar surface area (TPSA) is 57.5 Å². The number of aromatic nitrogens is 2. The van der Waals surface area contributed by atoms with Crippen molar-refractivity contribution in [2.75, 3.05) is 33.2 Å². The summed E-state index contributed by atoms with van der Waals surface area (Å²) in [6, 6.07) is 8.69. The molecule has 1 aromatic heterocycles. The molecule has 2 N–H and O–H groups in total. The lowest BCUT2D eigenvalue weighted by molar-refractivity contribution is 0.282. The van der Waals surface area contributed by atoms with Crippen molar-refractivity contribution < 1.29 is 0 Å². The average molecular weight is 383 g/mol. The van der Waals surface area contributed by atoms with Crippen LogP contribution in [0.5, 0.6) is 0 Å². The Bertz CT molecular complexity index is 684. The molecule has 1 fully saturated rings. The zero-order valence-electron chi connectivity index (χ0n) is 17.1. The Balaban J connectivity index is 1.34. The Kier molecular flexibility index (Phi) is 8.37. The number of likely N-dealkylation sites (tertiary alicyclic amines) is 1. The molecule has 0 aliphatic carbocycles. The van der Waals surface area contributed by atoms with Gasteiger partial charge in [0.25, 0.3) is 0 Å². The minimum Gasteiger partial charge on any atom is -0.356 e. The molecule has 3 rings (SSSR count). The number of benzene rings is 1. The number of aliphatic imine (C=N–C) groups is 1. The Labute approximate surface area is 169 Å². The van der Waals surface area contributed by atoms with Crippen LogP contribution in [0.15, 0.2) is 48.0 Å². The molecule has 2 heterocycles. The van der Waals surface area contributed by atoms with E-state index in [9.17, 15) is 0 Å². The maximum atomic E-state index is 4.34. The number of hydrogen-bond donors (Lipinski definition) is 2. The molecule has 152 valence electrons. The number of nitrogens with zero attached hydrogens (tertiary/aromatic N) is 4. The summed E-state index contributed by atoms with van der Waals surface area (Å²) in [4.78, 5) is 11.0. The van der Waals surface area contributed by atoms with Crippen molar-refractivity contribution in [3.05, 3.63) is 54.1 Å². The highest BCUT2D eigenvalue weighted by molar-refractivity contribution is 5.79. The molecule has 1 saturated heterocycles. The predicted octanol–water partition coefficient (Wildman–Crippen LogP) is 2.86. The minimum atomic E-state index is 0.775. The summed E-state index contributed by atoms with van der Waals surface area (Å²) in [6.07, 6.45) is 12.3. The van der Waals surface area contributed by atoms with Crippen LogP contribution in [0, 0.1) is 0 Å². The van der Waals surface area contributed by atoms with Gasteiger partial charge in [-0.1, -0.05) is 37.1 Å². The van der Waals surface area contributed by atoms with Crippen LogP contribution in [0.1, 0.15) is 43.2 Å². The predicted molar refractivity (Wildman–Crippen MR) is 115 cm³/mol. The van der Waals surface area contributed by atoms with Gasteiger partial charge in [-0.05, 0) is 50.0 Å². The van der Waals surface area contributed by atoms with Crippen molar-refractivity contribution in [3.8, 4) is 0 Å². The molecule has 6 nitrogen and oxygen atoms in total. The summed E-state index contributed by atoms with van der Waals surface area (Å²) in [5.74, 6) is 0.873. The van der Waals surface area contributed by atoms with Gasteiger partial charge in [-0.25, -0.2) is 4.98 Å². The summed E-state index contributed by atoms with van der Waals surface area (Å²) < 4.78 is 2.07. The highest BCUT2D eigenvalue weighted by atomic mass is 15.2. The first-order valence-electron chi connectivity index (χ1n) is 10.5. The van der Waals surface area contributed by atoms with E-state index in [2.05, 4.69) is 54.3 Å². The van der Waals surface area contributed by atoms with Crippen molar-refractivity contribution in [1.82, 2.24) is 25.1 Å². The Morgan fingerprint density at radius 2 is 1.79 bits per heavy atom. The maximum absolute atomic E-state index is 4.34. The zero-order valence-corrected chi connectivity index (χ0v) is 17.1. The molecule has 0 atom stereocenters. The lowest BCUT2D eigenvalue weighted by Gasteiger charge is -2.20. The Hall–Kier alpha value is -2.34. The van der Waals surface area contributed by atoms with Gasteiger partial charge in [-0.15, -0.1) is 0 Å². The summed E-state index contributed by atoms with van der Waals surface area (Å²) in [5.41, 5.74) is 2.53. The van der Waals surface area contributed by atoms with Gasteiger partial charge in [-0.2, -0.15) is 0 Å². The van der Waals surface area contributed by atoms with E-state index in [1.807, 2.05) is 25.8 Å². The van der Waals surface area contributed by atoms with Crippen LogP contribution < -0.4 is 10.6 Å². The monoisotopic (exact) mass is 382 g/mol. The lowest BCUT2D eigenvalue weighted by atomic mass is 10.1. The van der Waals surface area contributed by atoms with Crippen LogP contribution in [0.3, 0.4) is 0 Å². The summed E-state index contributed by atoms with van der Waals surface area (Å²) in [6.45, 7) is 6.31. The van der Waals surface area contributed by atoms with Crippen LogP contribution in [0.25, 0.3) is 0 Å². The largest absolute Gasteiger partial charge is 0.356 e. The van der Waals surface area contributed by atoms with Gasteiger partial charge >= 0.3 is 0 Å². The first-order chi connectivity index (χ1) is 13.8. The second kappa shape index (κ2) is 11.5. The van der Waals surface area contributed by atoms with Gasteiger partial charge in [0, 0.05) is 39.1 Å². The molecule has 1 aliphatic rings. The summed E-state index contributed by atoms with van der Waals surface area (Å²) >= 11 is 0. The minimum absolute atomic E-state index is 0.775. The molecule has 1 aromatic carbocycles. The molecule has 1 aliphatic heterocycles. The molecular formula is C22H34N6. The molecule has 0 saturated carbocycles. The van der Waals surface area contributed by atoms with Crippen molar-refractivity contribution in [3.63, 3.8) is 0 Å². The van der Waals surface area contributed by atoms with Gasteiger partial charge in [0.05, 0.1) is 6.33 Å². The highest BCUT2D eigenvalue weighted by Crippen LogP contribution is 2.09. The molecule has 0 amide bonds. The number of nitrogens with one attached hydrogen (secondary N) is 2. The van der Waals surface area contributed by atoms with Crippen LogP contribution in [-0.4, -0.2) is 53.6 Å².